The van der Waals surface area contributed by atoms with Gasteiger partial charge in [0.1, 0.15) is 6.04 Å². The number of benzene rings is 1. The van der Waals surface area contributed by atoms with E-state index in [1.165, 1.54) is 0 Å². The second kappa shape index (κ2) is 4.44. The minimum atomic E-state index is -0.775. The molecule has 2 N–H and O–H groups in total. The highest BCUT2D eigenvalue weighted by Crippen LogP contribution is 2.32. The Labute approximate surface area is 99.4 Å². The third kappa shape index (κ3) is 2.20. The molecule has 4 heteroatoms. The Hall–Kier alpha value is -1.06. The maximum Gasteiger partial charge on any atom is 0.320 e. The molecular weight excluding hydrogens is 226 g/mol. The summed E-state index contributed by atoms with van der Waals surface area (Å²) in [6, 6.07) is 7.23. The molecule has 1 aromatic rings. The van der Waals surface area contributed by atoms with Gasteiger partial charge in [-0.15, -0.1) is 0 Å². The van der Waals surface area contributed by atoms with Crippen LogP contribution in [0.1, 0.15) is 24.9 Å². The number of hydrogen-bond acceptors (Lipinski definition) is 2. The smallest absolute Gasteiger partial charge is 0.320 e. The summed E-state index contributed by atoms with van der Waals surface area (Å²) in [5.74, 6) is -0.453. The van der Waals surface area contributed by atoms with Crippen LogP contribution in [0.5, 0.6) is 0 Å². The Bertz CT molecular complexity index is 391. The van der Waals surface area contributed by atoms with E-state index in [4.69, 9.17) is 16.7 Å². The van der Waals surface area contributed by atoms with Crippen molar-refractivity contribution in [2.24, 2.45) is 5.92 Å². The molecule has 1 saturated heterocycles. The first-order chi connectivity index (χ1) is 7.58. The van der Waals surface area contributed by atoms with Crippen molar-refractivity contribution in [1.29, 1.82) is 0 Å². The quantitative estimate of drug-likeness (QED) is 0.834. The predicted octanol–water partition coefficient (Wildman–Crippen LogP) is 2.46. The first kappa shape index (κ1) is 11.4. The van der Waals surface area contributed by atoms with Crippen molar-refractivity contribution in [1.82, 2.24) is 5.32 Å². The summed E-state index contributed by atoms with van der Waals surface area (Å²) in [6.45, 7) is 2.06. The fourth-order valence-corrected chi connectivity index (χ4v) is 2.35. The normalized spacial score (nSPS) is 29.2. The number of aliphatic carboxylic acids is 1. The lowest BCUT2D eigenvalue weighted by Gasteiger charge is -2.16. The third-order valence-corrected chi connectivity index (χ3v) is 3.34. The molecule has 1 aliphatic rings. The van der Waals surface area contributed by atoms with Crippen LogP contribution in [0.25, 0.3) is 0 Å². The van der Waals surface area contributed by atoms with E-state index in [1.807, 2.05) is 24.3 Å². The second-order valence-corrected chi connectivity index (χ2v) is 4.74. The Morgan fingerprint density at radius 1 is 1.44 bits per heavy atom. The Morgan fingerprint density at radius 2 is 2.06 bits per heavy atom. The van der Waals surface area contributed by atoms with E-state index in [-0.39, 0.29) is 6.04 Å². The predicted molar refractivity (Wildman–Crippen MR) is 62.5 cm³/mol. The summed E-state index contributed by atoms with van der Waals surface area (Å²) in [5.41, 5.74) is 1.10. The number of hydrogen-bond donors (Lipinski definition) is 2. The van der Waals surface area contributed by atoms with Gasteiger partial charge in [-0.25, -0.2) is 0 Å². The molecule has 1 heterocycles. The monoisotopic (exact) mass is 239 g/mol. The fourth-order valence-electron chi connectivity index (χ4n) is 2.22. The van der Waals surface area contributed by atoms with Crippen LogP contribution in [-0.4, -0.2) is 17.1 Å². The summed E-state index contributed by atoms with van der Waals surface area (Å²) >= 11 is 5.82. The third-order valence-electron chi connectivity index (χ3n) is 3.08. The zero-order valence-corrected chi connectivity index (χ0v) is 9.74. The molecule has 0 saturated carbocycles. The molecule has 3 nitrogen and oxygen atoms in total. The molecule has 3 atom stereocenters. The molecule has 1 aliphatic heterocycles. The topological polar surface area (TPSA) is 49.3 Å². The number of carbonyl (C=O) groups is 1. The van der Waals surface area contributed by atoms with Crippen molar-refractivity contribution < 1.29 is 9.90 Å². The maximum absolute atomic E-state index is 10.9. The van der Waals surface area contributed by atoms with Crippen LogP contribution < -0.4 is 5.32 Å². The molecule has 3 unspecified atom stereocenters. The van der Waals surface area contributed by atoms with Crippen LogP contribution in [0.2, 0.25) is 5.02 Å². The van der Waals surface area contributed by atoms with E-state index in [2.05, 4.69) is 12.2 Å². The average molecular weight is 240 g/mol. The summed E-state index contributed by atoms with van der Waals surface area (Å²) in [6.07, 6.45) is 0.669. The molecule has 0 aromatic heterocycles. The van der Waals surface area contributed by atoms with Gasteiger partial charge in [-0.3, -0.25) is 10.1 Å². The first-order valence-electron chi connectivity index (χ1n) is 5.32. The molecule has 86 valence electrons. The van der Waals surface area contributed by atoms with Crippen molar-refractivity contribution in [3.63, 3.8) is 0 Å². The lowest BCUT2D eigenvalue weighted by molar-refractivity contribution is -0.139. The van der Waals surface area contributed by atoms with Crippen LogP contribution >= 0.6 is 11.6 Å². The van der Waals surface area contributed by atoms with Gasteiger partial charge in [-0.2, -0.15) is 0 Å². The summed E-state index contributed by atoms with van der Waals surface area (Å²) in [5, 5.41) is 12.8. The largest absolute Gasteiger partial charge is 0.480 e. The summed E-state index contributed by atoms with van der Waals surface area (Å²) in [7, 11) is 0. The molecule has 0 radical (unpaired) electrons. The van der Waals surface area contributed by atoms with E-state index in [0.717, 1.165) is 5.56 Å². The van der Waals surface area contributed by atoms with Gasteiger partial charge >= 0.3 is 5.97 Å². The van der Waals surface area contributed by atoms with E-state index < -0.39 is 12.0 Å². The van der Waals surface area contributed by atoms with Gasteiger partial charge in [0.25, 0.3) is 0 Å². The Balaban J connectivity index is 2.16. The number of carboxylic acids is 1. The highest BCUT2D eigenvalue weighted by Gasteiger charge is 2.35. The van der Waals surface area contributed by atoms with Crippen LogP contribution in [0.4, 0.5) is 0 Å². The number of carboxylic acid groups (broad SMARTS) is 1. The SMILES string of the molecule is CC1CC(C(=O)O)NC1c1ccc(Cl)cc1. The second-order valence-electron chi connectivity index (χ2n) is 4.30. The Kier molecular flexibility index (Phi) is 3.17. The van der Waals surface area contributed by atoms with Crippen LogP contribution in [0.15, 0.2) is 24.3 Å². The van der Waals surface area contributed by atoms with Gasteiger partial charge in [0.2, 0.25) is 0 Å². The molecule has 16 heavy (non-hydrogen) atoms. The summed E-state index contributed by atoms with van der Waals surface area (Å²) in [4.78, 5) is 10.9. The molecule has 0 spiro atoms. The summed E-state index contributed by atoms with van der Waals surface area (Å²) < 4.78 is 0. The standard InChI is InChI=1S/C12H14ClNO2/c1-7-6-10(12(15)16)14-11(7)8-2-4-9(13)5-3-8/h2-5,7,10-11,14H,6H2,1H3,(H,15,16). The zero-order valence-electron chi connectivity index (χ0n) is 8.98. The number of nitrogens with one attached hydrogen (secondary N) is 1. The molecule has 1 fully saturated rings. The highest BCUT2D eigenvalue weighted by atomic mass is 35.5. The van der Waals surface area contributed by atoms with Crippen molar-refractivity contribution in [2.45, 2.75) is 25.4 Å². The van der Waals surface area contributed by atoms with Crippen LogP contribution in [-0.2, 0) is 4.79 Å². The molecule has 1 aromatic carbocycles. The Morgan fingerprint density at radius 3 is 2.56 bits per heavy atom. The van der Waals surface area contributed by atoms with Crippen LogP contribution in [0, 0.1) is 5.92 Å². The van der Waals surface area contributed by atoms with E-state index in [0.29, 0.717) is 17.4 Å². The van der Waals surface area contributed by atoms with E-state index >= 15 is 0 Å². The van der Waals surface area contributed by atoms with Gasteiger partial charge in [-0.1, -0.05) is 30.7 Å². The lowest BCUT2D eigenvalue weighted by atomic mass is 9.95. The first-order valence-corrected chi connectivity index (χ1v) is 5.70. The molecule has 0 aliphatic carbocycles. The number of halogens is 1. The molecular formula is C12H14ClNO2. The molecule has 2 rings (SSSR count). The number of rotatable bonds is 2. The maximum atomic E-state index is 10.9. The van der Waals surface area contributed by atoms with Crippen molar-refractivity contribution >= 4 is 17.6 Å². The van der Waals surface area contributed by atoms with E-state index in [1.54, 1.807) is 0 Å². The molecule has 0 amide bonds. The highest BCUT2D eigenvalue weighted by molar-refractivity contribution is 6.30. The fraction of sp³-hybridized carbons (Fsp3) is 0.417. The van der Waals surface area contributed by atoms with Gasteiger partial charge in [0.15, 0.2) is 0 Å². The van der Waals surface area contributed by atoms with Crippen LogP contribution in [0.3, 0.4) is 0 Å². The minimum absolute atomic E-state index is 0.110. The van der Waals surface area contributed by atoms with Crippen molar-refractivity contribution in [3.8, 4) is 0 Å². The van der Waals surface area contributed by atoms with Gasteiger partial charge < -0.3 is 5.11 Å². The average Bonchev–Trinajstić information content (AvgIpc) is 2.62. The molecule has 0 bridgehead atoms. The van der Waals surface area contributed by atoms with Gasteiger partial charge in [0, 0.05) is 11.1 Å². The van der Waals surface area contributed by atoms with Crippen molar-refractivity contribution in [2.75, 3.05) is 0 Å². The van der Waals surface area contributed by atoms with E-state index in [9.17, 15) is 4.79 Å². The zero-order chi connectivity index (χ0) is 11.7. The minimum Gasteiger partial charge on any atom is -0.480 e. The van der Waals surface area contributed by atoms with Crippen molar-refractivity contribution in [3.05, 3.63) is 34.9 Å². The lowest BCUT2D eigenvalue weighted by Crippen LogP contribution is -2.31. The van der Waals surface area contributed by atoms with Gasteiger partial charge in [-0.05, 0) is 30.0 Å². The van der Waals surface area contributed by atoms with Gasteiger partial charge in [0.05, 0.1) is 0 Å².